The van der Waals surface area contributed by atoms with E-state index in [-0.39, 0.29) is 58.8 Å². The van der Waals surface area contributed by atoms with Gasteiger partial charge in [-0.15, -0.1) is 0 Å². The lowest BCUT2D eigenvalue weighted by Gasteiger charge is -2.69. The van der Waals surface area contributed by atoms with Crippen molar-refractivity contribution in [2.24, 2.45) is 40.4 Å². The molecular formula is C26H41NO6. The molecule has 1 heterocycles. The average molecular weight is 464 g/mol. The molecular weight excluding hydrogens is 422 g/mol. The molecule has 1 N–H and O–H groups in total. The highest BCUT2D eigenvalue weighted by molar-refractivity contribution is 5.66. The molecule has 6 aliphatic rings. The number of aliphatic hydroxyl groups is 1. The first-order valence-electron chi connectivity index (χ1n) is 13.0. The summed E-state index contributed by atoms with van der Waals surface area (Å²) < 4.78 is 24.3. The minimum absolute atomic E-state index is 0.0445. The molecule has 5 saturated carbocycles. The van der Waals surface area contributed by atoms with Gasteiger partial charge in [-0.25, -0.2) is 0 Å². The highest BCUT2D eigenvalue weighted by Gasteiger charge is 2.84. The van der Waals surface area contributed by atoms with E-state index in [1.165, 1.54) is 6.92 Å². The molecule has 0 aromatic carbocycles. The van der Waals surface area contributed by atoms with Crippen molar-refractivity contribution in [2.75, 3.05) is 41.0 Å². The van der Waals surface area contributed by atoms with E-state index in [1.54, 1.807) is 7.11 Å². The van der Waals surface area contributed by atoms with E-state index in [1.807, 2.05) is 14.2 Å². The van der Waals surface area contributed by atoms with Crippen LogP contribution in [0.3, 0.4) is 0 Å². The summed E-state index contributed by atoms with van der Waals surface area (Å²) in [6, 6.07) is 0.293. The van der Waals surface area contributed by atoms with Crippen molar-refractivity contribution >= 4 is 5.97 Å². The lowest BCUT2D eigenvalue weighted by molar-refractivity contribution is -0.277. The topological polar surface area (TPSA) is 77.5 Å². The Bertz CT molecular complexity index is 823. The van der Waals surface area contributed by atoms with Crippen LogP contribution in [0.15, 0.2) is 0 Å². The van der Waals surface area contributed by atoms with Gasteiger partial charge in [0.25, 0.3) is 0 Å². The highest BCUT2D eigenvalue weighted by Crippen LogP contribution is 2.79. The van der Waals surface area contributed by atoms with Crippen molar-refractivity contribution in [2.45, 2.75) is 75.9 Å². The predicted molar refractivity (Wildman–Crippen MR) is 120 cm³/mol. The third-order valence-corrected chi connectivity index (χ3v) is 11.4. The molecule has 0 amide bonds. The maximum Gasteiger partial charge on any atom is 0.302 e. The van der Waals surface area contributed by atoms with Gasteiger partial charge in [0.15, 0.2) is 0 Å². The van der Waals surface area contributed by atoms with Crippen LogP contribution in [-0.2, 0) is 23.7 Å². The molecule has 1 saturated heterocycles. The summed E-state index contributed by atoms with van der Waals surface area (Å²) in [4.78, 5) is 14.9. The number of likely N-dealkylation sites (tertiary alicyclic amines) is 1. The third-order valence-electron chi connectivity index (χ3n) is 11.4. The van der Waals surface area contributed by atoms with Crippen molar-refractivity contribution in [3.8, 4) is 0 Å². The third kappa shape index (κ3) is 2.51. The molecule has 0 aromatic heterocycles. The summed E-state index contributed by atoms with van der Waals surface area (Å²) in [5.41, 5.74) is -0.840. The largest absolute Gasteiger partial charge is 0.462 e. The van der Waals surface area contributed by atoms with Gasteiger partial charge in [-0.1, -0.05) is 6.92 Å². The Labute approximate surface area is 197 Å². The fraction of sp³-hybridized carbons (Fsp3) is 0.962. The van der Waals surface area contributed by atoms with Gasteiger partial charge in [-0.3, -0.25) is 9.69 Å². The van der Waals surface area contributed by atoms with Gasteiger partial charge in [0, 0.05) is 75.8 Å². The smallest absolute Gasteiger partial charge is 0.302 e. The number of carbonyl (C=O) groups excluding carboxylic acids is 1. The Morgan fingerprint density at radius 2 is 1.94 bits per heavy atom. The fourth-order valence-corrected chi connectivity index (χ4v) is 11.0. The summed E-state index contributed by atoms with van der Waals surface area (Å²) >= 11 is 0. The van der Waals surface area contributed by atoms with Crippen LogP contribution in [0, 0.1) is 40.4 Å². The van der Waals surface area contributed by atoms with Crippen molar-refractivity contribution in [1.29, 1.82) is 0 Å². The van der Waals surface area contributed by atoms with Crippen molar-refractivity contribution < 1.29 is 28.8 Å². The normalized spacial score (nSPS) is 56.1. The van der Waals surface area contributed by atoms with E-state index in [4.69, 9.17) is 18.9 Å². The second-order valence-corrected chi connectivity index (χ2v) is 12.0. The van der Waals surface area contributed by atoms with Crippen molar-refractivity contribution in [1.82, 2.24) is 4.90 Å². The summed E-state index contributed by atoms with van der Waals surface area (Å²) in [7, 11) is 5.46. The molecule has 7 heteroatoms. The van der Waals surface area contributed by atoms with Crippen LogP contribution in [0.5, 0.6) is 0 Å². The molecule has 0 radical (unpaired) electrons. The number of fused-ring (bicyclic) bond motifs is 2. The van der Waals surface area contributed by atoms with Crippen molar-refractivity contribution in [3.05, 3.63) is 0 Å². The number of methoxy groups -OCH3 is 3. The minimum atomic E-state index is -0.888. The number of esters is 1. The number of nitrogens with zero attached hydrogens (tertiary/aromatic N) is 1. The molecule has 1 aliphatic heterocycles. The molecule has 7 nitrogen and oxygen atoms in total. The van der Waals surface area contributed by atoms with E-state index >= 15 is 0 Å². The lowest BCUT2D eigenvalue weighted by Crippen LogP contribution is -2.76. The van der Waals surface area contributed by atoms with E-state index in [2.05, 4.69) is 11.8 Å². The number of rotatable bonds is 6. The molecule has 12 atom stereocenters. The second kappa shape index (κ2) is 7.39. The van der Waals surface area contributed by atoms with Crippen LogP contribution in [-0.4, -0.2) is 87.0 Å². The fourth-order valence-electron chi connectivity index (χ4n) is 11.0. The standard InChI is InChI=1S/C26H41NO6/c1-6-27-12-24(13-30-3)8-7-20(32-5)26-16-9-15-18(31-4)11-25(29,17(23(26)27)10-19(24)26)21(16)22(15)33-14(2)28/h15-23,29H,6-13H2,1-5H3/t15-,16-,17+,18+,19-,20+,21-,22-,23-,24+,25+,26-/m1/s1. The van der Waals surface area contributed by atoms with Crippen LogP contribution in [0.1, 0.15) is 46.0 Å². The number of ether oxygens (including phenoxy) is 4. The van der Waals surface area contributed by atoms with E-state index < -0.39 is 5.60 Å². The molecule has 1 spiro atoms. The summed E-state index contributed by atoms with van der Waals surface area (Å²) in [6.07, 6.45) is 4.52. The Hall–Kier alpha value is -0.730. The van der Waals surface area contributed by atoms with Crippen LogP contribution >= 0.6 is 0 Å². The Balaban J connectivity index is 1.57. The predicted octanol–water partition coefficient (Wildman–Crippen LogP) is 2.10. The molecule has 0 unspecified atom stereocenters. The maximum absolute atomic E-state index is 12.6. The highest BCUT2D eigenvalue weighted by atomic mass is 16.5. The Kier molecular flexibility index (Phi) is 5.09. The first-order chi connectivity index (χ1) is 15.8. The van der Waals surface area contributed by atoms with Gasteiger partial charge in [0.1, 0.15) is 6.10 Å². The van der Waals surface area contributed by atoms with E-state index in [9.17, 15) is 9.90 Å². The minimum Gasteiger partial charge on any atom is -0.462 e. The Morgan fingerprint density at radius 3 is 2.58 bits per heavy atom. The average Bonchev–Trinajstić information content (AvgIpc) is 3.22. The molecule has 7 bridgehead atoms. The van der Waals surface area contributed by atoms with Crippen LogP contribution < -0.4 is 0 Å². The SMILES string of the molecule is CCN1C[C@]2(COC)CC[C@H](OC)[C@@]34[C@@H]5C[C@H]6[C@@H](OC(C)=O)[C@@H]5[C@](O)(C[C@@H]6OC)[C@@H](C[C@H]23)[C@@H]14. The first kappa shape index (κ1) is 22.7. The molecule has 33 heavy (non-hydrogen) atoms. The van der Waals surface area contributed by atoms with E-state index in [0.717, 1.165) is 45.4 Å². The maximum atomic E-state index is 12.6. The number of hydrogen-bond acceptors (Lipinski definition) is 7. The van der Waals surface area contributed by atoms with Gasteiger partial charge >= 0.3 is 5.97 Å². The Morgan fingerprint density at radius 1 is 1.15 bits per heavy atom. The van der Waals surface area contributed by atoms with Crippen LogP contribution in [0.25, 0.3) is 0 Å². The van der Waals surface area contributed by atoms with Gasteiger partial charge in [0.05, 0.1) is 24.4 Å². The van der Waals surface area contributed by atoms with Gasteiger partial charge < -0.3 is 24.1 Å². The molecule has 186 valence electrons. The number of piperidine rings is 1. The lowest BCUT2D eigenvalue weighted by atomic mass is 9.43. The summed E-state index contributed by atoms with van der Waals surface area (Å²) in [6.45, 7) is 6.53. The van der Waals surface area contributed by atoms with Gasteiger partial charge in [-0.05, 0) is 44.1 Å². The molecule has 0 aromatic rings. The van der Waals surface area contributed by atoms with Crippen LogP contribution in [0.2, 0.25) is 0 Å². The molecule has 6 fully saturated rings. The summed E-state index contributed by atoms with van der Waals surface area (Å²) in [5, 5.41) is 12.6. The monoisotopic (exact) mass is 463 g/mol. The van der Waals surface area contributed by atoms with Crippen LogP contribution in [0.4, 0.5) is 0 Å². The van der Waals surface area contributed by atoms with Crippen molar-refractivity contribution in [3.63, 3.8) is 0 Å². The zero-order valence-electron chi connectivity index (χ0n) is 20.8. The number of carbonyl (C=O) groups is 1. The number of hydrogen-bond donors (Lipinski definition) is 1. The van der Waals surface area contributed by atoms with E-state index in [0.29, 0.717) is 18.4 Å². The molecule has 5 aliphatic carbocycles. The zero-order chi connectivity index (χ0) is 23.3. The first-order valence-corrected chi connectivity index (χ1v) is 13.0. The quantitative estimate of drug-likeness (QED) is 0.605. The molecule has 6 rings (SSSR count). The second-order valence-electron chi connectivity index (χ2n) is 12.0. The van der Waals surface area contributed by atoms with Gasteiger partial charge in [-0.2, -0.15) is 0 Å². The van der Waals surface area contributed by atoms with Gasteiger partial charge in [0.2, 0.25) is 0 Å². The summed E-state index contributed by atoms with van der Waals surface area (Å²) in [5.74, 6) is 0.677. The zero-order valence-corrected chi connectivity index (χ0v) is 20.8.